The number of rotatable bonds is 3. The molecule has 2 N–H and O–H groups in total. The number of ether oxygens (including phenoxy) is 1. The lowest BCUT2D eigenvalue weighted by Gasteiger charge is -2.23. The number of fused-ring (bicyclic) bond motifs is 1. The fourth-order valence-electron chi connectivity index (χ4n) is 2.70. The molecule has 0 radical (unpaired) electrons. The summed E-state index contributed by atoms with van der Waals surface area (Å²) in [7, 11) is 1.59. The molecule has 0 aliphatic carbocycles. The van der Waals surface area contributed by atoms with Crippen LogP contribution in [0.5, 0.6) is 5.88 Å². The first-order valence-corrected chi connectivity index (χ1v) is 6.88. The van der Waals surface area contributed by atoms with Crippen LogP contribution in [-0.2, 0) is 0 Å². The topological polar surface area (TPSA) is 93.1 Å². The van der Waals surface area contributed by atoms with Crippen LogP contribution < -0.4 is 10.1 Å². The van der Waals surface area contributed by atoms with Crippen LogP contribution >= 0.6 is 0 Å². The van der Waals surface area contributed by atoms with Crippen LogP contribution in [0.3, 0.4) is 0 Å². The second kappa shape index (κ2) is 5.18. The maximum absolute atomic E-state index is 11.6. The second-order valence-corrected chi connectivity index (χ2v) is 5.23. The van der Waals surface area contributed by atoms with Crippen LogP contribution in [0.25, 0.3) is 0 Å². The van der Waals surface area contributed by atoms with Gasteiger partial charge in [-0.1, -0.05) is 29.8 Å². The van der Waals surface area contributed by atoms with Crippen LogP contribution in [0.15, 0.2) is 35.8 Å². The maximum Gasteiger partial charge on any atom is 0.317 e. The molecular formula is C15H16N4O3. The highest BCUT2D eigenvalue weighted by Gasteiger charge is 2.42. The van der Waals surface area contributed by atoms with E-state index < -0.39 is 10.8 Å². The van der Waals surface area contributed by atoms with Crippen molar-refractivity contribution in [2.45, 2.75) is 19.8 Å². The summed E-state index contributed by atoms with van der Waals surface area (Å²) in [6.45, 7) is 3.81. The Labute approximate surface area is 127 Å². The molecule has 7 heteroatoms. The number of H-pyrrole nitrogens is 1. The van der Waals surface area contributed by atoms with Crippen LogP contribution in [0.2, 0.25) is 0 Å². The molecule has 1 aliphatic heterocycles. The Balaban J connectivity index is 2.25. The van der Waals surface area contributed by atoms with Gasteiger partial charge in [0.05, 0.1) is 10.5 Å². The van der Waals surface area contributed by atoms with E-state index in [1.807, 2.05) is 38.1 Å². The minimum absolute atomic E-state index is 0.0108. The predicted octanol–water partition coefficient (Wildman–Crippen LogP) is 2.22. The van der Waals surface area contributed by atoms with Gasteiger partial charge in [-0.05, 0) is 19.4 Å². The van der Waals surface area contributed by atoms with Gasteiger partial charge in [0.15, 0.2) is 0 Å². The highest BCUT2D eigenvalue weighted by atomic mass is 16.6. The Morgan fingerprint density at radius 1 is 1.32 bits per heavy atom. The molecule has 0 amide bonds. The van der Waals surface area contributed by atoms with Crippen molar-refractivity contribution in [3.8, 4) is 5.88 Å². The van der Waals surface area contributed by atoms with Gasteiger partial charge in [0.2, 0.25) is 5.88 Å². The molecule has 22 heavy (non-hydrogen) atoms. The van der Waals surface area contributed by atoms with Crippen molar-refractivity contribution in [3.63, 3.8) is 0 Å². The Hall–Kier alpha value is -2.83. The van der Waals surface area contributed by atoms with Crippen molar-refractivity contribution in [1.82, 2.24) is 15.5 Å². The number of hydrogen-bond acceptors (Lipinski definition) is 5. The highest BCUT2D eigenvalue weighted by molar-refractivity contribution is 5.49. The lowest BCUT2D eigenvalue weighted by Crippen LogP contribution is -2.27. The predicted molar refractivity (Wildman–Crippen MR) is 80.1 cm³/mol. The number of hydrogen-bond donors (Lipinski definition) is 2. The zero-order valence-corrected chi connectivity index (χ0v) is 12.5. The summed E-state index contributed by atoms with van der Waals surface area (Å²) in [6, 6.07) is 7.68. The zero-order valence-electron chi connectivity index (χ0n) is 12.5. The zero-order chi connectivity index (χ0) is 15.9. The van der Waals surface area contributed by atoms with Gasteiger partial charge in [0.25, 0.3) is 5.88 Å². The number of nitrogens with one attached hydrogen (secondary N) is 2. The van der Waals surface area contributed by atoms with Crippen molar-refractivity contribution < 1.29 is 9.66 Å². The summed E-state index contributed by atoms with van der Waals surface area (Å²) in [6.07, 6.45) is 0. The SMILES string of the molecule is CNC1=C([N+](=O)[O-])C(c2ccc(C)cc2)c2c(n[nH]c2C)O1. The summed E-state index contributed by atoms with van der Waals surface area (Å²) in [5, 5.41) is 21.3. The smallest absolute Gasteiger partial charge is 0.317 e. The quantitative estimate of drug-likeness (QED) is 0.669. The fourth-order valence-corrected chi connectivity index (χ4v) is 2.70. The minimum Gasteiger partial charge on any atom is -0.414 e. The van der Waals surface area contributed by atoms with E-state index in [1.54, 1.807) is 7.05 Å². The van der Waals surface area contributed by atoms with Gasteiger partial charge in [-0.3, -0.25) is 15.2 Å². The molecule has 2 heterocycles. The molecule has 1 aliphatic rings. The normalized spacial score (nSPS) is 17.0. The molecule has 0 saturated carbocycles. The van der Waals surface area contributed by atoms with Crippen molar-refractivity contribution in [2.75, 3.05) is 7.05 Å². The summed E-state index contributed by atoms with van der Waals surface area (Å²) < 4.78 is 5.54. The van der Waals surface area contributed by atoms with E-state index in [4.69, 9.17) is 4.74 Å². The van der Waals surface area contributed by atoms with Gasteiger partial charge in [-0.25, -0.2) is 0 Å². The van der Waals surface area contributed by atoms with Crippen LogP contribution in [0, 0.1) is 24.0 Å². The first-order valence-electron chi connectivity index (χ1n) is 6.88. The van der Waals surface area contributed by atoms with E-state index in [0.717, 1.165) is 16.8 Å². The van der Waals surface area contributed by atoms with Gasteiger partial charge in [0.1, 0.15) is 5.92 Å². The van der Waals surface area contributed by atoms with Gasteiger partial charge < -0.3 is 10.1 Å². The lowest BCUT2D eigenvalue weighted by atomic mass is 9.87. The number of nitro groups is 1. The summed E-state index contributed by atoms with van der Waals surface area (Å²) in [4.78, 5) is 11.2. The molecule has 3 rings (SSSR count). The first-order chi connectivity index (χ1) is 10.5. The van der Waals surface area contributed by atoms with E-state index in [0.29, 0.717) is 11.4 Å². The van der Waals surface area contributed by atoms with Crippen LogP contribution in [-0.4, -0.2) is 22.2 Å². The molecule has 1 unspecified atom stereocenters. The minimum atomic E-state index is -0.527. The Morgan fingerprint density at radius 3 is 2.59 bits per heavy atom. The molecule has 0 spiro atoms. The molecule has 0 fully saturated rings. The average Bonchev–Trinajstić information content (AvgIpc) is 2.87. The number of aromatic amines is 1. The summed E-state index contributed by atoms with van der Waals surface area (Å²) in [5.74, 6) is -0.0341. The third-order valence-electron chi connectivity index (χ3n) is 3.79. The molecule has 2 aromatic rings. The third kappa shape index (κ3) is 2.11. The number of aryl methyl sites for hydroxylation is 2. The van der Waals surface area contributed by atoms with Gasteiger partial charge >= 0.3 is 5.70 Å². The number of nitrogens with zero attached hydrogens (tertiary/aromatic N) is 2. The molecule has 114 valence electrons. The van der Waals surface area contributed by atoms with Crippen LogP contribution in [0.4, 0.5) is 0 Å². The van der Waals surface area contributed by atoms with Gasteiger partial charge in [0, 0.05) is 12.7 Å². The van der Waals surface area contributed by atoms with Gasteiger partial charge in [-0.2, -0.15) is 0 Å². The molecule has 1 atom stereocenters. The Morgan fingerprint density at radius 2 is 2.00 bits per heavy atom. The monoisotopic (exact) mass is 300 g/mol. The highest BCUT2D eigenvalue weighted by Crippen LogP contribution is 2.43. The van der Waals surface area contributed by atoms with Crippen molar-refractivity contribution in [3.05, 3.63) is 68.3 Å². The Bertz CT molecular complexity index is 762. The molecule has 7 nitrogen and oxygen atoms in total. The third-order valence-corrected chi connectivity index (χ3v) is 3.79. The number of allylic oxidation sites excluding steroid dienone is 1. The largest absolute Gasteiger partial charge is 0.414 e. The lowest BCUT2D eigenvalue weighted by molar-refractivity contribution is -0.432. The molecule has 1 aromatic heterocycles. The second-order valence-electron chi connectivity index (χ2n) is 5.23. The standard InChI is InChI=1S/C15H16N4O3/c1-8-4-6-10(7-5-8)12-11-9(2)17-18-14(11)22-15(16-3)13(12)19(20)21/h4-7,12,16H,1-3H3,(H,17,18). The summed E-state index contributed by atoms with van der Waals surface area (Å²) >= 11 is 0. The van der Waals surface area contributed by atoms with Gasteiger partial charge in [-0.15, -0.1) is 5.10 Å². The maximum atomic E-state index is 11.6. The molecule has 0 bridgehead atoms. The van der Waals surface area contributed by atoms with E-state index in [9.17, 15) is 10.1 Å². The molecule has 0 saturated heterocycles. The van der Waals surface area contributed by atoms with Crippen molar-refractivity contribution >= 4 is 0 Å². The van der Waals surface area contributed by atoms with E-state index >= 15 is 0 Å². The van der Waals surface area contributed by atoms with E-state index in [-0.39, 0.29) is 11.6 Å². The molecular weight excluding hydrogens is 284 g/mol. The van der Waals surface area contributed by atoms with E-state index in [2.05, 4.69) is 15.5 Å². The summed E-state index contributed by atoms with van der Waals surface area (Å²) in [5.41, 5.74) is 3.38. The van der Waals surface area contributed by atoms with Crippen molar-refractivity contribution in [1.29, 1.82) is 0 Å². The number of benzene rings is 1. The number of aromatic nitrogens is 2. The first kappa shape index (κ1) is 14.1. The Kier molecular flexibility index (Phi) is 3.32. The van der Waals surface area contributed by atoms with E-state index in [1.165, 1.54) is 0 Å². The molecule has 1 aromatic carbocycles. The van der Waals surface area contributed by atoms with Crippen LogP contribution in [0.1, 0.15) is 28.3 Å². The average molecular weight is 300 g/mol. The fraction of sp³-hybridized carbons (Fsp3) is 0.267. The van der Waals surface area contributed by atoms with Crippen molar-refractivity contribution in [2.24, 2.45) is 0 Å².